The van der Waals surface area contributed by atoms with E-state index in [2.05, 4.69) is 4.98 Å². The summed E-state index contributed by atoms with van der Waals surface area (Å²) in [6.07, 6.45) is 3.25. The molecule has 2 fully saturated rings. The van der Waals surface area contributed by atoms with Gasteiger partial charge in [-0.1, -0.05) is 12.1 Å². The van der Waals surface area contributed by atoms with Gasteiger partial charge in [0.1, 0.15) is 5.52 Å². The Balaban J connectivity index is 1.30. The summed E-state index contributed by atoms with van der Waals surface area (Å²) in [5, 5.41) is 9.12. The molecule has 1 aromatic carbocycles. The van der Waals surface area contributed by atoms with Crippen LogP contribution in [-0.4, -0.2) is 40.0 Å². The van der Waals surface area contributed by atoms with Gasteiger partial charge in [0.15, 0.2) is 11.5 Å². The molecule has 1 amide bonds. The molecule has 0 radical (unpaired) electrons. The molecule has 6 heteroatoms. The lowest BCUT2D eigenvalue weighted by Gasteiger charge is -2.32. The molecule has 126 valence electrons. The van der Waals surface area contributed by atoms with Gasteiger partial charge < -0.3 is 14.4 Å². The maximum absolute atomic E-state index is 12.4. The second-order valence-electron chi connectivity index (χ2n) is 6.91. The number of nitrogens with zero attached hydrogens (tertiary/aromatic N) is 2. The van der Waals surface area contributed by atoms with Crippen LogP contribution >= 0.6 is 0 Å². The highest BCUT2D eigenvalue weighted by Crippen LogP contribution is 2.59. The first-order valence-corrected chi connectivity index (χ1v) is 8.42. The molecule has 1 aliphatic heterocycles. The zero-order valence-corrected chi connectivity index (χ0v) is 13.4. The summed E-state index contributed by atoms with van der Waals surface area (Å²) >= 11 is 0. The zero-order chi connectivity index (χ0) is 16.7. The van der Waals surface area contributed by atoms with Crippen LogP contribution in [0.3, 0.4) is 0 Å². The van der Waals surface area contributed by atoms with Gasteiger partial charge in [-0.3, -0.25) is 9.59 Å². The minimum Gasteiger partial charge on any atom is -0.481 e. The Morgan fingerprint density at radius 2 is 2.04 bits per heavy atom. The van der Waals surface area contributed by atoms with Crippen LogP contribution in [0.4, 0.5) is 0 Å². The predicted molar refractivity (Wildman–Crippen MR) is 86.3 cm³/mol. The van der Waals surface area contributed by atoms with E-state index in [4.69, 9.17) is 9.52 Å². The Hall–Kier alpha value is -2.37. The van der Waals surface area contributed by atoms with Crippen molar-refractivity contribution < 1.29 is 19.1 Å². The maximum Gasteiger partial charge on any atom is 0.307 e. The van der Waals surface area contributed by atoms with E-state index < -0.39 is 5.97 Å². The number of carbonyl (C=O) groups is 2. The van der Waals surface area contributed by atoms with Crippen molar-refractivity contribution in [1.29, 1.82) is 0 Å². The van der Waals surface area contributed by atoms with E-state index in [0.717, 1.165) is 30.4 Å². The topological polar surface area (TPSA) is 83.6 Å². The highest BCUT2D eigenvalue weighted by molar-refractivity contribution is 5.78. The number of aromatic nitrogens is 1. The first-order valence-electron chi connectivity index (χ1n) is 8.42. The van der Waals surface area contributed by atoms with E-state index in [9.17, 15) is 9.59 Å². The smallest absolute Gasteiger partial charge is 0.307 e. The van der Waals surface area contributed by atoms with Crippen molar-refractivity contribution in [2.45, 2.75) is 32.1 Å². The number of likely N-dealkylation sites (tertiary alicyclic amines) is 1. The molecule has 1 saturated heterocycles. The number of hydrogen-bond donors (Lipinski definition) is 1. The molecule has 1 aliphatic carbocycles. The third kappa shape index (κ3) is 2.66. The van der Waals surface area contributed by atoms with Crippen LogP contribution in [0.25, 0.3) is 11.1 Å². The molecule has 2 aromatic rings. The molecule has 2 heterocycles. The van der Waals surface area contributed by atoms with Crippen LogP contribution < -0.4 is 0 Å². The van der Waals surface area contributed by atoms with E-state index in [0.29, 0.717) is 31.8 Å². The van der Waals surface area contributed by atoms with Crippen molar-refractivity contribution in [3.05, 3.63) is 30.2 Å². The highest BCUT2D eigenvalue weighted by Gasteiger charge is 2.59. The average Bonchev–Trinajstić information content (AvgIpc) is 3.12. The summed E-state index contributed by atoms with van der Waals surface area (Å²) in [5.74, 6) is -0.203. The van der Waals surface area contributed by atoms with Crippen molar-refractivity contribution in [2.75, 3.05) is 13.1 Å². The summed E-state index contributed by atoms with van der Waals surface area (Å²) < 4.78 is 5.64. The van der Waals surface area contributed by atoms with E-state index in [-0.39, 0.29) is 17.2 Å². The number of aryl methyl sites for hydroxylation is 1. The number of oxazole rings is 1. The van der Waals surface area contributed by atoms with Gasteiger partial charge in [0.2, 0.25) is 5.91 Å². The number of carbonyl (C=O) groups excluding carboxylic acids is 1. The van der Waals surface area contributed by atoms with Crippen molar-refractivity contribution in [3.8, 4) is 0 Å². The molecule has 1 atom stereocenters. The van der Waals surface area contributed by atoms with E-state index in [1.807, 2.05) is 29.2 Å². The first-order chi connectivity index (χ1) is 11.6. The number of para-hydroxylation sites is 2. The fourth-order valence-corrected chi connectivity index (χ4v) is 3.85. The van der Waals surface area contributed by atoms with Crippen molar-refractivity contribution in [2.24, 2.45) is 11.3 Å². The molecule has 2 aliphatic rings. The van der Waals surface area contributed by atoms with Crippen LogP contribution in [0.1, 0.15) is 31.6 Å². The maximum atomic E-state index is 12.4. The number of amides is 1. The van der Waals surface area contributed by atoms with Gasteiger partial charge in [-0.25, -0.2) is 4.98 Å². The third-order valence-electron chi connectivity index (χ3n) is 5.49. The lowest BCUT2D eigenvalue weighted by molar-refractivity contribution is -0.139. The van der Waals surface area contributed by atoms with Gasteiger partial charge in [0.05, 0.1) is 5.92 Å². The Kier molecular flexibility index (Phi) is 3.55. The molecule has 1 saturated carbocycles. The van der Waals surface area contributed by atoms with E-state index >= 15 is 0 Å². The van der Waals surface area contributed by atoms with Gasteiger partial charge in [-0.05, 0) is 36.8 Å². The molecule has 0 bridgehead atoms. The van der Waals surface area contributed by atoms with Gasteiger partial charge in [0.25, 0.3) is 0 Å². The van der Waals surface area contributed by atoms with Crippen LogP contribution in [0, 0.1) is 11.3 Å². The summed E-state index contributed by atoms with van der Waals surface area (Å²) in [6.45, 7) is 1.33. The Morgan fingerprint density at radius 1 is 1.29 bits per heavy atom. The van der Waals surface area contributed by atoms with Gasteiger partial charge >= 0.3 is 5.97 Å². The molecular weight excluding hydrogens is 308 g/mol. The molecule has 4 rings (SSSR count). The largest absolute Gasteiger partial charge is 0.481 e. The molecule has 1 spiro atoms. The van der Waals surface area contributed by atoms with Crippen LogP contribution in [0.15, 0.2) is 28.7 Å². The molecule has 1 N–H and O–H groups in total. The molecule has 1 unspecified atom stereocenters. The highest BCUT2D eigenvalue weighted by atomic mass is 16.4. The lowest BCUT2D eigenvalue weighted by atomic mass is 9.90. The zero-order valence-electron chi connectivity index (χ0n) is 13.4. The quantitative estimate of drug-likeness (QED) is 0.932. The number of piperidine rings is 1. The average molecular weight is 328 g/mol. The van der Waals surface area contributed by atoms with Crippen molar-refractivity contribution in [1.82, 2.24) is 9.88 Å². The van der Waals surface area contributed by atoms with Crippen LogP contribution in [-0.2, 0) is 16.0 Å². The number of benzene rings is 1. The molecule has 1 aromatic heterocycles. The third-order valence-corrected chi connectivity index (χ3v) is 5.49. The molecular formula is C18H20N2O4. The van der Waals surface area contributed by atoms with E-state index in [1.165, 1.54) is 0 Å². The number of aliphatic carboxylic acids is 1. The molecule has 6 nitrogen and oxygen atoms in total. The Bertz CT molecular complexity index is 756. The summed E-state index contributed by atoms with van der Waals surface area (Å²) in [7, 11) is 0. The SMILES string of the molecule is O=C(O)C1CC12CCN(C(=O)CCc1nc3ccccc3o1)CC2. The van der Waals surface area contributed by atoms with E-state index in [1.54, 1.807) is 0 Å². The lowest BCUT2D eigenvalue weighted by Crippen LogP contribution is -2.40. The van der Waals surface area contributed by atoms with Gasteiger partial charge in [0, 0.05) is 25.9 Å². The monoisotopic (exact) mass is 328 g/mol. The second-order valence-corrected chi connectivity index (χ2v) is 6.91. The Morgan fingerprint density at radius 3 is 2.71 bits per heavy atom. The van der Waals surface area contributed by atoms with Gasteiger partial charge in [-0.2, -0.15) is 0 Å². The molecule has 24 heavy (non-hydrogen) atoms. The summed E-state index contributed by atoms with van der Waals surface area (Å²) in [5.41, 5.74) is 1.52. The summed E-state index contributed by atoms with van der Waals surface area (Å²) in [4.78, 5) is 29.7. The standard InChI is InChI=1S/C18H20N2O4/c21-16(6-5-15-19-13-3-1-2-4-14(13)24-15)20-9-7-18(8-10-20)11-12(18)17(22)23/h1-4,12H,5-11H2,(H,22,23). The van der Waals surface area contributed by atoms with Crippen molar-refractivity contribution in [3.63, 3.8) is 0 Å². The predicted octanol–water partition coefficient (Wildman–Crippen LogP) is 2.47. The summed E-state index contributed by atoms with van der Waals surface area (Å²) in [6, 6.07) is 7.56. The van der Waals surface area contributed by atoms with Crippen molar-refractivity contribution >= 4 is 23.0 Å². The Labute approximate surface area is 139 Å². The van der Waals surface area contributed by atoms with Crippen LogP contribution in [0.5, 0.6) is 0 Å². The van der Waals surface area contributed by atoms with Crippen LogP contribution in [0.2, 0.25) is 0 Å². The minimum atomic E-state index is -0.689. The minimum absolute atomic E-state index is 0.0388. The second kappa shape index (κ2) is 5.61. The number of carboxylic acid groups (broad SMARTS) is 1. The fourth-order valence-electron chi connectivity index (χ4n) is 3.85. The number of rotatable bonds is 4. The first kappa shape index (κ1) is 15.2. The normalized spacial score (nSPS) is 22.0. The fraction of sp³-hybridized carbons (Fsp3) is 0.500. The number of fused-ring (bicyclic) bond motifs is 1. The van der Waals surface area contributed by atoms with Gasteiger partial charge in [-0.15, -0.1) is 0 Å². The number of hydrogen-bond acceptors (Lipinski definition) is 4. The number of carboxylic acids is 1.